The van der Waals surface area contributed by atoms with Gasteiger partial charge in [0.25, 0.3) is 0 Å². The summed E-state index contributed by atoms with van der Waals surface area (Å²) in [5.74, 6) is 1.34. The van der Waals surface area contributed by atoms with E-state index in [4.69, 9.17) is 4.84 Å². The maximum atomic E-state index is 12.7. The summed E-state index contributed by atoms with van der Waals surface area (Å²) in [5, 5.41) is 0. The SMILES string of the molecule is CONC(=Nc1ccc(C(F)(F)F)cc1)N1CCN(c2nsnc2C)CC1. The lowest BCUT2D eigenvalue weighted by Gasteiger charge is -2.36. The minimum Gasteiger partial charge on any atom is -0.351 e. The second-order valence-corrected chi connectivity index (χ2v) is 6.46. The molecule has 0 radical (unpaired) electrons. The highest BCUT2D eigenvalue weighted by Crippen LogP contribution is 2.30. The normalized spacial score (nSPS) is 16.0. The van der Waals surface area contributed by atoms with E-state index in [9.17, 15) is 13.2 Å². The molecule has 2 heterocycles. The van der Waals surface area contributed by atoms with E-state index in [1.54, 1.807) is 0 Å². The summed E-state index contributed by atoms with van der Waals surface area (Å²) in [7, 11) is 1.46. The number of alkyl halides is 3. The number of aromatic nitrogens is 2. The van der Waals surface area contributed by atoms with Gasteiger partial charge < -0.3 is 9.80 Å². The number of benzene rings is 1. The number of rotatable bonds is 3. The summed E-state index contributed by atoms with van der Waals surface area (Å²) in [6, 6.07) is 4.69. The first-order valence-corrected chi connectivity index (χ1v) is 8.95. The first-order chi connectivity index (χ1) is 12.9. The third kappa shape index (κ3) is 4.66. The predicted octanol–water partition coefficient (Wildman–Crippen LogP) is 2.83. The predicted molar refractivity (Wildman–Crippen MR) is 97.1 cm³/mol. The molecule has 0 bridgehead atoms. The van der Waals surface area contributed by atoms with E-state index in [0.717, 1.165) is 36.7 Å². The van der Waals surface area contributed by atoms with Crippen LogP contribution in [0.2, 0.25) is 0 Å². The number of aryl methyl sites for hydroxylation is 1. The molecule has 0 aliphatic carbocycles. The molecular formula is C16H19F3N6OS. The van der Waals surface area contributed by atoms with Crippen LogP contribution in [-0.4, -0.2) is 52.9 Å². The molecule has 0 unspecified atom stereocenters. The van der Waals surface area contributed by atoms with E-state index in [1.807, 2.05) is 11.8 Å². The van der Waals surface area contributed by atoms with Crippen molar-refractivity contribution in [3.05, 3.63) is 35.5 Å². The topological polar surface area (TPSA) is 65.9 Å². The molecule has 7 nitrogen and oxygen atoms in total. The molecule has 1 saturated heterocycles. The number of piperazine rings is 1. The Kier molecular flexibility index (Phi) is 5.80. The van der Waals surface area contributed by atoms with Crippen LogP contribution in [0.3, 0.4) is 0 Å². The zero-order valence-electron chi connectivity index (χ0n) is 14.8. The summed E-state index contributed by atoms with van der Waals surface area (Å²) in [4.78, 5) is 13.5. The van der Waals surface area contributed by atoms with Crippen LogP contribution in [0.4, 0.5) is 24.7 Å². The van der Waals surface area contributed by atoms with Crippen LogP contribution < -0.4 is 10.4 Å². The molecule has 0 amide bonds. The van der Waals surface area contributed by atoms with Crippen molar-refractivity contribution in [2.75, 3.05) is 38.2 Å². The molecule has 146 valence electrons. The molecule has 1 aliphatic rings. The van der Waals surface area contributed by atoms with Gasteiger partial charge in [-0.1, -0.05) is 0 Å². The molecule has 0 saturated carbocycles. The van der Waals surface area contributed by atoms with Gasteiger partial charge in [-0.3, -0.25) is 4.84 Å². The number of nitrogens with zero attached hydrogens (tertiary/aromatic N) is 5. The number of anilines is 1. The monoisotopic (exact) mass is 400 g/mol. The Morgan fingerprint density at radius 2 is 1.81 bits per heavy atom. The minimum atomic E-state index is -4.37. The minimum absolute atomic E-state index is 0.407. The third-order valence-corrected chi connectivity index (χ3v) is 4.74. The Morgan fingerprint density at radius 1 is 1.15 bits per heavy atom. The molecule has 1 N–H and O–H groups in total. The molecule has 0 atom stereocenters. The standard InChI is InChI=1S/C16H19F3N6OS/c1-11-14(23-27-22-11)24-7-9-25(10-8-24)15(21-26-2)20-13-5-3-12(4-6-13)16(17,18)19/h3-6H,7-10H2,1-2H3,(H,20,21). The lowest BCUT2D eigenvalue weighted by atomic mass is 10.2. The number of nitrogens with one attached hydrogen (secondary N) is 1. The summed E-state index contributed by atoms with van der Waals surface area (Å²) >= 11 is 1.19. The first kappa shape index (κ1) is 19.4. The van der Waals surface area contributed by atoms with Crippen LogP contribution in [0.25, 0.3) is 0 Å². The zero-order valence-corrected chi connectivity index (χ0v) is 15.6. The Labute approximate surface area is 158 Å². The zero-order chi connectivity index (χ0) is 19.4. The van der Waals surface area contributed by atoms with Crippen molar-refractivity contribution in [1.82, 2.24) is 19.1 Å². The Morgan fingerprint density at radius 3 is 2.33 bits per heavy atom. The molecule has 0 spiro atoms. The van der Waals surface area contributed by atoms with E-state index in [0.29, 0.717) is 24.7 Å². The lowest BCUT2D eigenvalue weighted by Crippen LogP contribution is -2.52. The maximum absolute atomic E-state index is 12.7. The number of aliphatic imine (C=N–C) groups is 1. The fourth-order valence-corrected chi connectivity index (χ4v) is 3.31. The van der Waals surface area contributed by atoms with Crippen molar-refractivity contribution in [3.8, 4) is 0 Å². The highest BCUT2D eigenvalue weighted by atomic mass is 32.1. The van der Waals surface area contributed by atoms with Gasteiger partial charge in [-0.25, -0.2) is 10.5 Å². The van der Waals surface area contributed by atoms with Gasteiger partial charge in [0.2, 0.25) is 5.96 Å². The Balaban J connectivity index is 1.70. The molecule has 27 heavy (non-hydrogen) atoms. The Bertz CT molecular complexity index is 784. The van der Waals surface area contributed by atoms with Crippen LogP contribution in [0.1, 0.15) is 11.3 Å². The van der Waals surface area contributed by atoms with Crippen LogP contribution in [0.15, 0.2) is 29.3 Å². The second kappa shape index (κ2) is 8.09. The maximum Gasteiger partial charge on any atom is 0.416 e. The highest BCUT2D eigenvalue weighted by molar-refractivity contribution is 6.99. The third-order valence-electron chi connectivity index (χ3n) is 4.13. The van der Waals surface area contributed by atoms with Crippen molar-refractivity contribution >= 4 is 29.2 Å². The summed E-state index contributed by atoms with van der Waals surface area (Å²) in [5.41, 5.74) is 3.32. The largest absolute Gasteiger partial charge is 0.416 e. The molecule has 3 rings (SSSR count). The molecule has 1 aliphatic heterocycles. The molecule has 2 aromatic rings. The summed E-state index contributed by atoms with van der Waals surface area (Å²) in [6.45, 7) is 4.70. The van der Waals surface area contributed by atoms with Crippen LogP contribution in [0.5, 0.6) is 0 Å². The van der Waals surface area contributed by atoms with Crippen molar-refractivity contribution in [2.24, 2.45) is 4.99 Å². The van der Waals surface area contributed by atoms with Crippen LogP contribution in [-0.2, 0) is 11.0 Å². The van der Waals surface area contributed by atoms with Crippen LogP contribution >= 0.6 is 11.7 Å². The van der Waals surface area contributed by atoms with Crippen molar-refractivity contribution < 1.29 is 18.0 Å². The molecule has 11 heteroatoms. The molecule has 1 aromatic carbocycles. The highest BCUT2D eigenvalue weighted by Gasteiger charge is 2.30. The number of hydrogen-bond acceptors (Lipinski definition) is 6. The van der Waals surface area contributed by atoms with Gasteiger partial charge >= 0.3 is 6.18 Å². The molecule has 1 fully saturated rings. The van der Waals surface area contributed by atoms with Gasteiger partial charge in [-0.05, 0) is 31.2 Å². The quantitative estimate of drug-likeness (QED) is 0.486. The van der Waals surface area contributed by atoms with Crippen molar-refractivity contribution in [2.45, 2.75) is 13.1 Å². The van der Waals surface area contributed by atoms with Crippen molar-refractivity contribution in [3.63, 3.8) is 0 Å². The van der Waals surface area contributed by atoms with Crippen molar-refractivity contribution in [1.29, 1.82) is 0 Å². The van der Waals surface area contributed by atoms with Gasteiger partial charge in [-0.2, -0.15) is 21.9 Å². The fraction of sp³-hybridized carbons (Fsp3) is 0.438. The lowest BCUT2D eigenvalue weighted by molar-refractivity contribution is -0.137. The first-order valence-electron chi connectivity index (χ1n) is 8.22. The average Bonchev–Trinajstić information content (AvgIpc) is 3.07. The second-order valence-electron chi connectivity index (χ2n) is 5.93. The van der Waals surface area contributed by atoms with Gasteiger partial charge in [0.05, 0.1) is 35.8 Å². The summed E-state index contributed by atoms with van der Waals surface area (Å²) in [6.07, 6.45) is -4.37. The average molecular weight is 400 g/mol. The van der Waals surface area contributed by atoms with Gasteiger partial charge in [0.15, 0.2) is 5.82 Å². The Hall–Kier alpha value is -2.40. The van der Waals surface area contributed by atoms with Gasteiger partial charge in [0, 0.05) is 26.2 Å². The number of guanidine groups is 1. The fourth-order valence-electron chi connectivity index (χ4n) is 2.74. The van der Waals surface area contributed by atoms with E-state index in [1.165, 1.54) is 31.0 Å². The van der Waals surface area contributed by atoms with E-state index in [-0.39, 0.29) is 0 Å². The van der Waals surface area contributed by atoms with E-state index < -0.39 is 11.7 Å². The van der Waals surface area contributed by atoms with Gasteiger partial charge in [0.1, 0.15) is 0 Å². The van der Waals surface area contributed by atoms with E-state index >= 15 is 0 Å². The smallest absolute Gasteiger partial charge is 0.351 e. The molecule has 1 aromatic heterocycles. The molecular weight excluding hydrogens is 381 g/mol. The number of hydrogen-bond donors (Lipinski definition) is 1. The van der Waals surface area contributed by atoms with E-state index in [2.05, 4.69) is 24.1 Å². The number of hydroxylamine groups is 1. The van der Waals surface area contributed by atoms with Crippen LogP contribution in [0, 0.1) is 6.92 Å². The number of halogens is 3. The summed E-state index contributed by atoms with van der Waals surface area (Å²) < 4.78 is 46.6. The van der Waals surface area contributed by atoms with Gasteiger partial charge in [-0.15, -0.1) is 0 Å².